The molecule has 1 aliphatic rings. The molecular weight excluding hydrogens is 584 g/mol. The minimum absolute atomic E-state index is 0.120. The van der Waals surface area contributed by atoms with Crippen molar-refractivity contribution >= 4 is 34.4 Å². The number of carboxylic acid groups (broad SMARTS) is 1. The zero-order valence-electron chi connectivity index (χ0n) is 25.6. The zero-order chi connectivity index (χ0) is 31.5. The number of fused-ring (bicyclic) bond motifs is 1. The van der Waals surface area contributed by atoms with Crippen LogP contribution in [0.5, 0.6) is 5.75 Å². The van der Waals surface area contributed by atoms with E-state index in [1.165, 1.54) is 19.3 Å². The molecule has 4 aromatic carbocycles. The van der Waals surface area contributed by atoms with E-state index in [1.54, 1.807) is 12.1 Å². The Bertz CT molecular complexity index is 1830. The van der Waals surface area contributed by atoms with E-state index in [-0.39, 0.29) is 17.3 Å². The van der Waals surface area contributed by atoms with Crippen LogP contribution in [-0.4, -0.2) is 26.4 Å². The second-order valence-corrected chi connectivity index (χ2v) is 12.8. The maximum Gasteiger partial charge on any atom is 0.335 e. The maximum absolute atomic E-state index is 12.9. The van der Waals surface area contributed by atoms with Crippen molar-refractivity contribution in [2.24, 2.45) is 5.92 Å². The number of imidazole rings is 1. The van der Waals surface area contributed by atoms with Crippen molar-refractivity contribution in [2.45, 2.75) is 65.0 Å². The molecule has 7 heteroatoms. The number of aromatic nitrogens is 2. The highest BCUT2D eigenvalue weighted by Crippen LogP contribution is 2.37. The van der Waals surface area contributed by atoms with E-state index < -0.39 is 5.97 Å². The van der Waals surface area contributed by atoms with Gasteiger partial charge >= 0.3 is 5.97 Å². The van der Waals surface area contributed by atoms with Gasteiger partial charge in [0.25, 0.3) is 0 Å². The topological polar surface area (TPSA) is 81.4 Å². The molecule has 1 fully saturated rings. The number of benzene rings is 4. The molecule has 1 aliphatic carbocycles. The zero-order valence-corrected chi connectivity index (χ0v) is 26.4. The monoisotopic (exact) mass is 620 g/mol. The maximum atomic E-state index is 12.9. The summed E-state index contributed by atoms with van der Waals surface area (Å²) < 4.78 is 8.60. The molecule has 0 saturated heterocycles. The molecule has 230 valence electrons. The lowest BCUT2D eigenvalue weighted by molar-refractivity contribution is 0.0696. The fraction of sp³-hybridized carbons (Fsp3) is 0.289. The van der Waals surface area contributed by atoms with Crippen LogP contribution in [-0.2, 0) is 6.61 Å². The van der Waals surface area contributed by atoms with E-state index in [9.17, 15) is 14.7 Å². The van der Waals surface area contributed by atoms with Gasteiger partial charge in [-0.3, -0.25) is 4.79 Å². The van der Waals surface area contributed by atoms with Crippen LogP contribution in [0.2, 0.25) is 5.02 Å². The number of hydrogen-bond acceptors (Lipinski definition) is 4. The molecule has 1 N–H and O–H groups in total. The first kappa shape index (κ1) is 30.6. The van der Waals surface area contributed by atoms with E-state index >= 15 is 0 Å². The molecule has 1 saturated carbocycles. The van der Waals surface area contributed by atoms with E-state index in [0.717, 1.165) is 46.4 Å². The summed E-state index contributed by atoms with van der Waals surface area (Å²) in [5.74, 6) is 0.980. The average molecular weight is 621 g/mol. The van der Waals surface area contributed by atoms with Crippen LogP contribution in [0.15, 0.2) is 84.9 Å². The third-order valence-electron chi connectivity index (χ3n) is 8.56. The van der Waals surface area contributed by atoms with E-state index in [1.807, 2.05) is 86.6 Å². The average Bonchev–Trinajstić information content (AvgIpc) is 3.43. The Labute approximate surface area is 268 Å². The lowest BCUT2D eigenvalue weighted by Gasteiger charge is -2.25. The molecule has 0 amide bonds. The molecule has 0 unspecified atom stereocenters. The van der Waals surface area contributed by atoms with E-state index in [2.05, 4.69) is 4.57 Å². The van der Waals surface area contributed by atoms with Crippen LogP contribution < -0.4 is 4.74 Å². The Morgan fingerprint density at radius 3 is 2.27 bits per heavy atom. The first-order chi connectivity index (χ1) is 21.8. The van der Waals surface area contributed by atoms with Crippen molar-refractivity contribution in [1.29, 1.82) is 0 Å². The largest absolute Gasteiger partial charge is 0.489 e. The van der Waals surface area contributed by atoms with Gasteiger partial charge in [0.15, 0.2) is 5.78 Å². The summed E-state index contributed by atoms with van der Waals surface area (Å²) in [6, 6.07) is 26.9. The first-order valence-corrected chi connectivity index (χ1v) is 16.0. The van der Waals surface area contributed by atoms with Crippen molar-refractivity contribution < 1.29 is 19.4 Å². The Balaban J connectivity index is 1.29. The third kappa shape index (κ3) is 6.81. The molecule has 0 atom stereocenters. The molecule has 45 heavy (non-hydrogen) atoms. The Morgan fingerprint density at radius 2 is 1.58 bits per heavy atom. The lowest BCUT2D eigenvalue weighted by Crippen LogP contribution is -2.14. The van der Waals surface area contributed by atoms with Crippen LogP contribution >= 0.6 is 11.6 Å². The molecular formula is C38H37ClN2O4. The van der Waals surface area contributed by atoms with Crippen LogP contribution in [0, 0.1) is 5.92 Å². The fourth-order valence-corrected chi connectivity index (χ4v) is 6.42. The summed E-state index contributed by atoms with van der Waals surface area (Å²) in [5, 5.41) is 10.2. The minimum atomic E-state index is -0.957. The SMILES string of the molecule is CC(C)CC(=O)c1ccc(-c2ccc(Cl)cc2)c(COc2ccc(-c3nc4cc(C(=O)O)ccc4n3C3CCCCC3)cc2)c1. The van der Waals surface area contributed by atoms with Gasteiger partial charge in [-0.1, -0.05) is 69.0 Å². The van der Waals surface area contributed by atoms with Crippen molar-refractivity contribution in [1.82, 2.24) is 9.55 Å². The first-order valence-electron chi connectivity index (χ1n) is 15.7. The number of ketones is 1. The van der Waals surface area contributed by atoms with Gasteiger partial charge in [-0.2, -0.15) is 0 Å². The number of Topliss-reactive ketones (excluding diaryl/α,β-unsaturated/α-hetero) is 1. The second kappa shape index (κ2) is 13.3. The number of rotatable bonds is 10. The number of aromatic carboxylic acids is 1. The second-order valence-electron chi connectivity index (χ2n) is 12.3. The van der Waals surface area contributed by atoms with Crippen LogP contribution in [0.25, 0.3) is 33.5 Å². The number of nitrogens with zero attached hydrogens (tertiary/aromatic N) is 2. The predicted octanol–water partition coefficient (Wildman–Crippen LogP) is 10.0. The highest BCUT2D eigenvalue weighted by atomic mass is 35.5. The molecule has 1 aromatic heterocycles. The number of halogens is 1. The number of carbonyl (C=O) groups is 2. The Morgan fingerprint density at radius 1 is 0.889 bits per heavy atom. The van der Waals surface area contributed by atoms with Gasteiger partial charge in [-0.15, -0.1) is 0 Å². The van der Waals surface area contributed by atoms with Gasteiger partial charge in [0.2, 0.25) is 0 Å². The standard InChI is InChI=1S/C38H37ClN2O4/c1-24(2)20-36(42)27-12-18-33(25-8-14-30(39)15-9-25)29(21-27)23-45-32-16-10-26(11-17-32)37-40-34-22-28(38(43)44)13-19-35(34)41(37)31-6-4-3-5-7-31/h8-19,21-22,24,31H,3-7,20,23H2,1-2H3,(H,43,44). The van der Waals surface area contributed by atoms with Gasteiger partial charge in [0.05, 0.1) is 16.6 Å². The fourth-order valence-electron chi connectivity index (χ4n) is 6.29. The molecule has 0 aliphatic heterocycles. The predicted molar refractivity (Wildman–Crippen MR) is 179 cm³/mol. The number of carboxylic acids is 1. The number of hydrogen-bond donors (Lipinski definition) is 1. The summed E-state index contributed by atoms with van der Waals surface area (Å²) in [4.78, 5) is 29.5. The molecule has 1 heterocycles. The summed E-state index contributed by atoms with van der Waals surface area (Å²) in [5.41, 5.74) is 6.44. The van der Waals surface area contributed by atoms with Crippen LogP contribution in [0.1, 0.15) is 84.7 Å². The Kier molecular flexibility index (Phi) is 9.04. The van der Waals surface area contributed by atoms with Crippen LogP contribution in [0.3, 0.4) is 0 Å². The molecule has 6 rings (SSSR count). The highest BCUT2D eigenvalue weighted by molar-refractivity contribution is 6.30. The minimum Gasteiger partial charge on any atom is -0.489 e. The van der Waals surface area contributed by atoms with Gasteiger partial charge in [0.1, 0.15) is 18.2 Å². The highest BCUT2D eigenvalue weighted by Gasteiger charge is 2.23. The van der Waals surface area contributed by atoms with E-state index in [0.29, 0.717) is 40.9 Å². The van der Waals surface area contributed by atoms with Gasteiger partial charge in [-0.05, 0) is 96.1 Å². The van der Waals surface area contributed by atoms with Crippen molar-refractivity contribution in [3.63, 3.8) is 0 Å². The van der Waals surface area contributed by atoms with Crippen molar-refractivity contribution in [3.05, 3.63) is 107 Å². The summed E-state index contributed by atoms with van der Waals surface area (Å²) >= 11 is 6.15. The molecule has 0 spiro atoms. The third-order valence-corrected chi connectivity index (χ3v) is 8.81. The summed E-state index contributed by atoms with van der Waals surface area (Å²) in [7, 11) is 0. The lowest BCUT2D eigenvalue weighted by atomic mass is 9.94. The number of carbonyl (C=O) groups excluding carboxylic acids is 1. The summed E-state index contributed by atoms with van der Waals surface area (Å²) in [6.07, 6.45) is 6.23. The molecule has 0 bridgehead atoms. The van der Waals surface area contributed by atoms with Crippen molar-refractivity contribution in [2.75, 3.05) is 0 Å². The normalized spacial score (nSPS) is 13.8. The van der Waals surface area contributed by atoms with Crippen LogP contribution in [0.4, 0.5) is 0 Å². The number of ether oxygens (including phenoxy) is 1. The van der Waals surface area contributed by atoms with Gasteiger partial charge in [0, 0.05) is 28.6 Å². The van der Waals surface area contributed by atoms with Gasteiger partial charge in [-0.25, -0.2) is 9.78 Å². The quantitative estimate of drug-likeness (QED) is 0.157. The summed E-state index contributed by atoms with van der Waals surface area (Å²) in [6.45, 7) is 4.38. The smallest absolute Gasteiger partial charge is 0.335 e. The Hall–Kier alpha value is -4.42. The molecule has 0 radical (unpaired) electrons. The molecule has 5 aromatic rings. The van der Waals surface area contributed by atoms with Gasteiger partial charge < -0.3 is 14.4 Å². The van der Waals surface area contributed by atoms with E-state index in [4.69, 9.17) is 21.3 Å². The van der Waals surface area contributed by atoms with Crippen molar-refractivity contribution in [3.8, 4) is 28.3 Å². The molecule has 6 nitrogen and oxygen atoms in total.